The number of rotatable bonds is 7. The van der Waals surface area contributed by atoms with Crippen molar-refractivity contribution in [3.63, 3.8) is 0 Å². The van der Waals surface area contributed by atoms with Crippen LogP contribution in [0.4, 0.5) is 5.69 Å². The van der Waals surface area contributed by atoms with Gasteiger partial charge in [-0.25, -0.2) is 4.98 Å². The van der Waals surface area contributed by atoms with Crippen LogP contribution in [0.5, 0.6) is 0 Å². The van der Waals surface area contributed by atoms with Crippen LogP contribution in [-0.4, -0.2) is 60.0 Å². The number of hydrogen-bond acceptors (Lipinski definition) is 4. The molecule has 3 rings (SSSR count). The SMILES string of the molecule is CCN(C(=O)c1nc(C(=O)NCCN(C)C)n2c1CCCC2)c1ccccc1. The van der Waals surface area contributed by atoms with Gasteiger partial charge in [0.05, 0.1) is 5.69 Å². The first-order chi connectivity index (χ1) is 13.5. The van der Waals surface area contributed by atoms with Crippen LogP contribution in [0.3, 0.4) is 0 Å². The van der Waals surface area contributed by atoms with Crippen molar-refractivity contribution < 1.29 is 9.59 Å². The normalized spacial score (nSPS) is 13.3. The molecule has 1 aliphatic rings. The summed E-state index contributed by atoms with van der Waals surface area (Å²) in [5.41, 5.74) is 2.12. The monoisotopic (exact) mass is 383 g/mol. The Labute approximate surface area is 166 Å². The van der Waals surface area contributed by atoms with Crippen LogP contribution in [0, 0.1) is 0 Å². The first-order valence-corrected chi connectivity index (χ1v) is 9.92. The fraction of sp³-hybridized carbons (Fsp3) is 0.476. The first-order valence-electron chi connectivity index (χ1n) is 9.92. The number of hydrogen-bond donors (Lipinski definition) is 1. The van der Waals surface area contributed by atoms with Crippen molar-refractivity contribution in [2.75, 3.05) is 38.6 Å². The largest absolute Gasteiger partial charge is 0.348 e. The van der Waals surface area contributed by atoms with Crippen LogP contribution in [0.25, 0.3) is 0 Å². The molecule has 1 aromatic heterocycles. The summed E-state index contributed by atoms with van der Waals surface area (Å²) in [5.74, 6) is -0.0144. The summed E-state index contributed by atoms with van der Waals surface area (Å²) in [6.45, 7) is 4.51. The van der Waals surface area contributed by atoms with E-state index >= 15 is 0 Å². The smallest absolute Gasteiger partial charge is 0.287 e. The number of nitrogens with one attached hydrogen (secondary N) is 1. The molecule has 1 aliphatic heterocycles. The minimum Gasteiger partial charge on any atom is -0.348 e. The van der Waals surface area contributed by atoms with E-state index in [0.29, 0.717) is 24.6 Å². The fourth-order valence-electron chi connectivity index (χ4n) is 3.54. The van der Waals surface area contributed by atoms with Gasteiger partial charge in [-0.3, -0.25) is 9.59 Å². The quantitative estimate of drug-likeness (QED) is 0.796. The second kappa shape index (κ2) is 9.01. The molecule has 0 unspecified atom stereocenters. The Morgan fingerprint density at radius 1 is 1.18 bits per heavy atom. The molecule has 7 nitrogen and oxygen atoms in total. The van der Waals surface area contributed by atoms with Crippen molar-refractivity contribution in [1.82, 2.24) is 19.8 Å². The molecule has 2 amide bonds. The Morgan fingerprint density at radius 2 is 1.93 bits per heavy atom. The van der Waals surface area contributed by atoms with Crippen LogP contribution < -0.4 is 10.2 Å². The number of benzene rings is 1. The number of likely N-dealkylation sites (N-methyl/N-ethyl adjacent to an activating group) is 1. The lowest BCUT2D eigenvalue weighted by molar-refractivity contribution is 0.0935. The van der Waals surface area contributed by atoms with Gasteiger partial charge in [0.1, 0.15) is 0 Å². The van der Waals surface area contributed by atoms with Gasteiger partial charge < -0.3 is 19.7 Å². The molecule has 2 aromatic rings. The summed E-state index contributed by atoms with van der Waals surface area (Å²) < 4.78 is 1.93. The highest BCUT2D eigenvalue weighted by Crippen LogP contribution is 2.24. The second-order valence-corrected chi connectivity index (χ2v) is 7.28. The number of imidazole rings is 1. The Morgan fingerprint density at radius 3 is 2.61 bits per heavy atom. The van der Waals surface area contributed by atoms with Crippen LogP contribution in [0.1, 0.15) is 46.6 Å². The summed E-state index contributed by atoms with van der Waals surface area (Å²) in [4.78, 5) is 34.3. The van der Waals surface area contributed by atoms with Crippen LogP contribution in [0.2, 0.25) is 0 Å². The lowest BCUT2D eigenvalue weighted by atomic mass is 10.1. The molecular weight excluding hydrogens is 354 g/mol. The Kier molecular flexibility index (Phi) is 6.46. The zero-order valence-corrected chi connectivity index (χ0v) is 16.9. The molecule has 28 heavy (non-hydrogen) atoms. The summed E-state index contributed by atoms with van der Waals surface area (Å²) in [5, 5.41) is 2.92. The molecule has 0 atom stereocenters. The maximum absolute atomic E-state index is 13.3. The van der Waals surface area contributed by atoms with Gasteiger partial charge in [-0.1, -0.05) is 18.2 Å². The molecule has 0 saturated carbocycles. The molecule has 2 heterocycles. The molecule has 0 fully saturated rings. The van der Waals surface area contributed by atoms with Gasteiger partial charge in [-0.05, 0) is 52.4 Å². The van der Waals surface area contributed by atoms with E-state index < -0.39 is 0 Å². The number of carbonyl (C=O) groups is 2. The van der Waals surface area contributed by atoms with Crippen LogP contribution in [-0.2, 0) is 13.0 Å². The molecular formula is C21H29N5O2. The van der Waals surface area contributed by atoms with Crippen molar-refractivity contribution >= 4 is 17.5 Å². The number of fused-ring (bicyclic) bond motifs is 1. The number of aromatic nitrogens is 2. The summed E-state index contributed by atoms with van der Waals surface area (Å²) in [6, 6.07) is 9.59. The van der Waals surface area contributed by atoms with Crippen molar-refractivity contribution in [3.8, 4) is 0 Å². The molecule has 1 aromatic carbocycles. The molecule has 0 saturated heterocycles. The van der Waals surface area contributed by atoms with Crippen LogP contribution in [0.15, 0.2) is 30.3 Å². The van der Waals surface area contributed by atoms with E-state index in [1.807, 2.05) is 60.8 Å². The average Bonchev–Trinajstić information content (AvgIpc) is 3.09. The standard InChI is InChI=1S/C21H29N5O2/c1-4-25(16-10-6-5-7-11-16)21(28)18-17-12-8-9-14-26(17)19(23-18)20(27)22-13-15-24(2)3/h5-7,10-11H,4,8-9,12-15H2,1-3H3,(H,22,27). The summed E-state index contributed by atoms with van der Waals surface area (Å²) >= 11 is 0. The van der Waals surface area contributed by atoms with E-state index in [9.17, 15) is 9.59 Å². The predicted octanol–water partition coefficient (Wildman–Crippen LogP) is 2.18. The zero-order chi connectivity index (χ0) is 20.1. The van der Waals surface area contributed by atoms with E-state index in [1.165, 1.54) is 0 Å². The minimum absolute atomic E-state index is 0.147. The highest BCUT2D eigenvalue weighted by molar-refractivity contribution is 6.06. The Balaban J connectivity index is 1.90. The predicted molar refractivity (Wildman–Crippen MR) is 110 cm³/mol. The Bertz CT molecular complexity index is 829. The maximum atomic E-state index is 13.3. The highest BCUT2D eigenvalue weighted by atomic mass is 16.2. The van der Waals surface area contributed by atoms with E-state index in [4.69, 9.17) is 0 Å². The van der Waals surface area contributed by atoms with Crippen molar-refractivity contribution in [2.24, 2.45) is 0 Å². The Hall–Kier alpha value is -2.67. The lowest BCUT2D eigenvalue weighted by Crippen LogP contribution is -2.33. The lowest BCUT2D eigenvalue weighted by Gasteiger charge is -2.22. The van der Waals surface area contributed by atoms with Gasteiger partial charge >= 0.3 is 0 Å². The van der Waals surface area contributed by atoms with Gasteiger partial charge in [0, 0.05) is 31.9 Å². The van der Waals surface area contributed by atoms with Gasteiger partial charge in [0.2, 0.25) is 0 Å². The third-order valence-electron chi connectivity index (χ3n) is 5.00. The van der Waals surface area contributed by atoms with Crippen molar-refractivity contribution in [1.29, 1.82) is 0 Å². The number of nitrogens with zero attached hydrogens (tertiary/aromatic N) is 4. The zero-order valence-electron chi connectivity index (χ0n) is 16.9. The number of amides is 2. The van der Waals surface area contributed by atoms with Gasteiger partial charge in [0.15, 0.2) is 11.5 Å². The number of anilines is 1. The van der Waals surface area contributed by atoms with E-state index in [1.54, 1.807) is 4.90 Å². The van der Waals surface area contributed by atoms with Gasteiger partial charge in [0.25, 0.3) is 11.8 Å². The van der Waals surface area contributed by atoms with E-state index in [-0.39, 0.29) is 11.8 Å². The molecule has 0 radical (unpaired) electrons. The van der Waals surface area contributed by atoms with Crippen molar-refractivity contribution in [3.05, 3.63) is 47.5 Å². The summed E-state index contributed by atoms with van der Waals surface area (Å²) in [7, 11) is 3.92. The fourth-order valence-corrected chi connectivity index (χ4v) is 3.54. The molecule has 1 N–H and O–H groups in total. The number of carbonyl (C=O) groups excluding carboxylic acids is 2. The molecule has 150 valence electrons. The maximum Gasteiger partial charge on any atom is 0.287 e. The first kappa shape index (κ1) is 20.1. The third-order valence-corrected chi connectivity index (χ3v) is 5.00. The minimum atomic E-state index is -0.216. The average molecular weight is 383 g/mol. The topological polar surface area (TPSA) is 70.5 Å². The summed E-state index contributed by atoms with van der Waals surface area (Å²) in [6.07, 6.45) is 2.77. The molecule has 7 heteroatoms. The van der Waals surface area contributed by atoms with E-state index in [2.05, 4.69) is 10.3 Å². The molecule has 0 spiro atoms. The molecule has 0 aliphatic carbocycles. The third kappa shape index (κ3) is 4.25. The second-order valence-electron chi connectivity index (χ2n) is 7.28. The van der Waals surface area contributed by atoms with Crippen molar-refractivity contribution in [2.45, 2.75) is 32.7 Å². The molecule has 0 bridgehead atoms. The van der Waals surface area contributed by atoms with Gasteiger partial charge in [-0.15, -0.1) is 0 Å². The van der Waals surface area contributed by atoms with E-state index in [0.717, 1.165) is 43.7 Å². The number of para-hydroxylation sites is 1. The van der Waals surface area contributed by atoms with Gasteiger partial charge in [-0.2, -0.15) is 0 Å². The van der Waals surface area contributed by atoms with Crippen LogP contribution >= 0.6 is 0 Å². The highest BCUT2D eigenvalue weighted by Gasteiger charge is 2.29.